The zero-order valence-corrected chi connectivity index (χ0v) is 15.1. The quantitative estimate of drug-likeness (QED) is 0.753. The zero-order valence-electron chi connectivity index (χ0n) is 15.1. The summed E-state index contributed by atoms with van der Waals surface area (Å²) in [5.41, 5.74) is 1.68. The number of hydrogen-bond donors (Lipinski definition) is 2. The monoisotopic (exact) mass is 358 g/mol. The van der Waals surface area contributed by atoms with Gasteiger partial charge in [0.15, 0.2) is 0 Å². The lowest BCUT2D eigenvalue weighted by Crippen LogP contribution is -2.45. The maximum absolute atomic E-state index is 12.3. The van der Waals surface area contributed by atoms with Crippen molar-refractivity contribution in [2.75, 3.05) is 26.2 Å². The molecular weight excluding hydrogens is 332 g/mol. The van der Waals surface area contributed by atoms with E-state index in [4.69, 9.17) is 0 Å². The molecule has 8 nitrogen and oxygen atoms in total. The SMILES string of the molecule is Cc1nnnn1Cc1ccc(C(=O)NCCN2CCCC[C@H]2CO)cc1. The molecule has 0 aliphatic carbocycles. The van der Waals surface area contributed by atoms with Gasteiger partial charge in [0, 0.05) is 24.7 Å². The fraction of sp³-hybridized carbons (Fsp3) is 0.556. The van der Waals surface area contributed by atoms with E-state index >= 15 is 0 Å². The van der Waals surface area contributed by atoms with E-state index in [1.54, 1.807) is 4.68 Å². The molecule has 1 saturated heterocycles. The maximum Gasteiger partial charge on any atom is 0.251 e. The van der Waals surface area contributed by atoms with Crippen molar-refractivity contribution in [2.24, 2.45) is 0 Å². The molecule has 0 spiro atoms. The Hall–Kier alpha value is -2.32. The topological polar surface area (TPSA) is 96.2 Å². The van der Waals surface area contributed by atoms with E-state index in [-0.39, 0.29) is 18.6 Å². The first-order valence-electron chi connectivity index (χ1n) is 9.12. The molecular formula is C18H26N6O2. The summed E-state index contributed by atoms with van der Waals surface area (Å²) in [6.07, 6.45) is 3.37. The number of tetrazole rings is 1. The molecule has 0 bridgehead atoms. The highest BCUT2D eigenvalue weighted by molar-refractivity contribution is 5.94. The molecule has 8 heteroatoms. The van der Waals surface area contributed by atoms with Crippen molar-refractivity contribution in [3.63, 3.8) is 0 Å². The number of likely N-dealkylation sites (tertiary alicyclic amines) is 1. The van der Waals surface area contributed by atoms with Crippen LogP contribution >= 0.6 is 0 Å². The standard InChI is InChI=1S/C18H26N6O2/c1-14-20-21-22-24(14)12-15-5-7-16(8-6-15)18(26)19-9-11-23-10-3-2-4-17(23)13-25/h5-8,17,25H,2-4,9-13H2,1H3,(H,19,26)/t17-/m0/s1. The Balaban J connectivity index is 1.48. The van der Waals surface area contributed by atoms with Gasteiger partial charge in [-0.3, -0.25) is 9.69 Å². The van der Waals surface area contributed by atoms with Crippen molar-refractivity contribution in [2.45, 2.75) is 38.8 Å². The summed E-state index contributed by atoms with van der Waals surface area (Å²) in [6, 6.07) is 7.71. The second-order valence-corrected chi connectivity index (χ2v) is 6.70. The first kappa shape index (κ1) is 18.5. The molecule has 1 atom stereocenters. The molecule has 1 fully saturated rings. The first-order valence-corrected chi connectivity index (χ1v) is 9.12. The number of hydrogen-bond acceptors (Lipinski definition) is 6. The third-order valence-electron chi connectivity index (χ3n) is 4.90. The van der Waals surface area contributed by atoms with Crippen LogP contribution < -0.4 is 5.32 Å². The van der Waals surface area contributed by atoms with Crippen LogP contribution in [0.15, 0.2) is 24.3 Å². The molecule has 0 saturated carbocycles. The van der Waals surface area contributed by atoms with Gasteiger partial charge >= 0.3 is 0 Å². The number of aromatic nitrogens is 4. The Morgan fingerprint density at radius 3 is 2.81 bits per heavy atom. The molecule has 1 amide bonds. The third kappa shape index (κ3) is 4.64. The molecule has 140 valence electrons. The normalized spacial score (nSPS) is 18.0. The number of rotatable bonds is 7. The highest BCUT2D eigenvalue weighted by Gasteiger charge is 2.21. The molecule has 0 radical (unpaired) electrons. The summed E-state index contributed by atoms with van der Waals surface area (Å²) in [5, 5.41) is 23.8. The molecule has 2 aromatic rings. The van der Waals surface area contributed by atoms with E-state index in [1.807, 2.05) is 31.2 Å². The van der Waals surface area contributed by atoms with E-state index in [1.165, 1.54) is 6.42 Å². The van der Waals surface area contributed by atoms with Crippen LogP contribution in [0.3, 0.4) is 0 Å². The number of carbonyl (C=O) groups is 1. The van der Waals surface area contributed by atoms with Gasteiger partial charge in [0.1, 0.15) is 5.82 Å². The van der Waals surface area contributed by atoms with Crippen molar-refractivity contribution in [3.05, 3.63) is 41.2 Å². The molecule has 3 rings (SSSR count). The number of nitrogens with one attached hydrogen (secondary N) is 1. The van der Waals surface area contributed by atoms with Crippen molar-refractivity contribution in [1.29, 1.82) is 0 Å². The van der Waals surface area contributed by atoms with Crippen LogP contribution in [0.1, 0.15) is 41.0 Å². The van der Waals surface area contributed by atoms with Crippen LogP contribution in [0.25, 0.3) is 0 Å². The average molecular weight is 358 g/mol. The van der Waals surface area contributed by atoms with Crippen molar-refractivity contribution >= 4 is 5.91 Å². The number of carbonyl (C=O) groups excluding carboxylic acids is 1. The van der Waals surface area contributed by atoms with Gasteiger partial charge in [0.25, 0.3) is 5.91 Å². The zero-order chi connectivity index (χ0) is 18.4. The van der Waals surface area contributed by atoms with E-state index in [9.17, 15) is 9.90 Å². The number of aliphatic hydroxyl groups excluding tert-OH is 1. The highest BCUT2D eigenvalue weighted by Crippen LogP contribution is 2.15. The second kappa shape index (κ2) is 8.86. The summed E-state index contributed by atoms with van der Waals surface area (Å²) in [5.74, 6) is 0.679. The Bertz CT molecular complexity index is 715. The summed E-state index contributed by atoms with van der Waals surface area (Å²) in [4.78, 5) is 14.6. The fourth-order valence-corrected chi connectivity index (χ4v) is 3.31. The van der Waals surface area contributed by atoms with Crippen LogP contribution in [-0.2, 0) is 6.54 Å². The van der Waals surface area contributed by atoms with E-state index in [0.29, 0.717) is 18.7 Å². The first-order chi connectivity index (χ1) is 12.7. The van der Waals surface area contributed by atoms with E-state index in [0.717, 1.165) is 37.3 Å². The van der Waals surface area contributed by atoms with Crippen molar-refractivity contribution in [3.8, 4) is 0 Å². The minimum Gasteiger partial charge on any atom is -0.395 e. The molecule has 2 N–H and O–H groups in total. The molecule has 1 aromatic carbocycles. The lowest BCUT2D eigenvalue weighted by molar-refractivity contribution is 0.0849. The Labute approximate surface area is 153 Å². The number of aryl methyl sites for hydroxylation is 1. The van der Waals surface area contributed by atoms with Crippen molar-refractivity contribution in [1.82, 2.24) is 30.4 Å². The Morgan fingerprint density at radius 2 is 2.12 bits per heavy atom. The molecule has 1 aromatic heterocycles. The average Bonchev–Trinajstić information content (AvgIpc) is 3.07. The van der Waals surface area contributed by atoms with Crippen LogP contribution in [0.5, 0.6) is 0 Å². The van der Waals surface area contributed by atoms with Gasteiger partial charge in [-0.25, -0.2) is 4.68 Å². The van der Waals surface area contributed by atoms with Crippen molar-refractivity contribution < 1.29 is 9.90 Å². The van der Waals surface area contributed by atoms with E-state index < -0.39 is 0 Å². The molecule has 1 aliphatic rings. The van der Waals surface area contributed by atoms with Gasteiger partial charge in [-0.2, -0.15) is 0 Å². The summed E-state index contributed by atoms with van der Waals surface area (Å²) < 4.78 is 1.71. The minimum atomic E-state index is -0.0762. The molecule has 2 heterocycles. The predicted octanol–water partition coefficient (Wildman–Crippen LogP) is 0.606. The number of nitrogens with zero attached hydrogens (tertiary/aromatic N) is 5. The third-order valence-corrected chi connectivity index (χ3v) is 4.90. The highest BCUT2D eigenvalue weighted by atomic mass is 16.3. The van der Waals surface area contributed by atoms with Crippen LogP contribution in [-0.4, -0.2) is 68.4 Å². The van der Waals surface area contributed by atoms with Crippen LogP contribution in [0, 0.1) is 6.92 Å². The Morgan fingerprint density at radius 1 is 1.31 bits per heavy atom. The lowest BCUT2D eigenvalue weighted by atomic mass is 10.0. The minimum absolute atomic E-state index is 0.0762. The fourth-order valence-electron chi connectivity index (χ4n) is 3.31. The van der Waals surface area contributed by atoms with Crippen LogP contribution in [0.2, 0.25) is 0 Å². The second-order valence-electron chi connectivity index (χ2n) is 6.70. The van der Waals surface area contributed by atoms with Gasteiger partial charge in [-0.1, -0.05) is 18.6 Å². The molecule has 26 heavy (non-hydrogen) atoms. The number of piperidine rings is 1. The number of aliphatic hydroxyl groups is 1. The number of amides is 1. The van der Waals surface area contributed by atoms with E-state index in [2.05, 4.69) is 25.7 Å². The van der Waals surface area contributed by atoms with Gasteiger partial charge in [0.2, 0.25) is 0 Å². The Kier molecular flexibility index (Phi) is 6.30. The van der Waals surface area contributed by atoms with Gasteiger partial charge < -0.3 is 10.4 Å². The van der Waals surface area contributed by atoms with Gasteiger partial charge in [-0.05, 0) is 54.4 Å². The van der Waals surface area contributed by atoms with Gasteiger partial charge in [0.05, 0.1) is 13.2 Å². The maximum atomic E-state index is 12.3. The number of benzene rings is 1. The molecule has 1 aliphatic heterocycles. The summed E-state index contributed by atoms with van der Waals surface area (Å²) >= 11 is 0. The predicted molar refractivity (Wildman–Crippen MR) is 96.7 cm³/mol. The smallest absolute Gasteiger partial charge is 0.251 e. The summed E-state index contributed by atoms with van der Waals surface area (Å²) in [6.45, 7) is 4.97. The largest absolute Gasteiger partial charge is 0.395 e. The summed E-state index contributed by atoms with van der Waals surface area (Å²) in [7, 11) is 0. The lowest BCUT2D eigenvalue weighted by Gasteiger charge is -2.34. The van der Waals surface area contributed by atoms with Crippen LogP contribution in [0.4, 0.5) is 0 Å². The molecule has 0 unspecified atom stereocenters. The van der Waals surface area contributed by atoms with Gasteiger partial charge in [-0.15, -0.1) is 5.10 Å².